The van der Waals surface area contributed by atoms with Crippen molar-refractivity contribution < 1.29 is 17.9 Å². The fourth-order valence-electron chi connectivity index (χ4n) is 3.29. The number of hydrogen-bond donors (Lipinski definition) is 1. The van der Waals surface area contributed by atoms with E-state index in [0.29, 0.717) is 32.5 Å². The van der Waals surface area contributed by atoms with E-state index >= 15 is 0 Å². The molecule has 1 amide bonds. The summed E-state index contributed by atoms with van der Waals surface area (Å²) < 4.78 is 32.7. The van der Waals surface area contributed by atoms with E-state index in [1.165, 1.54) is 4.31 Å². The second kappa shape index (κ2) is 9.21. The molecule has 28 heavy (non-hydrogen) atoms. The Labute approximate surface area is 166 Å². The van der Waals surface area contributed by atoms with E-state index in [9.17, 15) is 13.2 Å². The molecule has 0 aromatic heterocycles. The third kappa shape index (κ3) is 4.72. The van der Waals surface area contributed by atoms with Gasteiger partial charge >= 0.3 is 0 Å². The maximum atomic E-state index is 12.9. The molecule has 2 aromatic rings. The first kappa shape index (κ1) is 20.4. The minimum atomic E-state index is -3.68. The average molecular weight is 403 g/mol. The maximum Gasteiger partial charge on any atom is 0.243 e. The lowest BCUT2D eigenvalue weighted by molar-refractivity contribution is -0.124. The summed E-state index contributed by atoms with van der Waals surface area (Å²) in [5, 5.41) is 2.88. The molecule has 1 aliphatic rings. The van der Waals surface area contributed by atoms with Gasteiger partial charge in [0.2, 0.25) is 15.9 Å². The third-order valence-corrected chi connectivity index (χ3v) is 6.62. The van der Waals surface area contributed by atoms with Gasteiger partial charge in [-0.2, -0.15) is 4.31 Å². The van der Waals surface area contributed by atoms with Crippen LogP contribution in [0, 0.1) is 0 Å². The van der Waals surface area contributed by atoms with Crippen LogP contribution in [0.15, 0.2) is 59.5 Å². The van der Waals surface area contributed by atoms with E-state index < -0.39 is 16.1 Å². The van der Waals surface area contributed by atoms with Crippen molar-refractivity contribution in [1.29, 1.82) is 0 Å². The Hall–Kier alpha value is -2.38. The van der Waals surface area contributed by atoms with Crippen molar-refractivity contribution in [3.63, 3.8) is 0 Å². The molecule has 2 aromatic carbocycles. The first-order valence-corrected chi connectivity index (χ1v) is 11.0. The fourth-order valence-corrected chi connectivity index (χ4v) is 4.97. The zero-order valence-electron chi connectivity index (χ0n) is 16.0. The molecule has 0 aliphatic carbocycles. The standard InChI is InChI=1S/C21H26N2O4S/c1-2-14-27-18-9-6-8-17(15-18)16-22-21(24)20-12-7-13-23(20)28(25,26)19-10-4-3-5-11-19/h3-6,8-11,15,20H,2,7,12-14,16H2,1H3,(H,22,24). The van der Waals surface area contributed by atoms with Crippen LogP contribution in [0.25, 0.3) is 0 Å². The number of rotatable bonds is 8. The van der Waals surface area contributed by atoms with E-state index in [-0.39, 0.29) is 10.8 Å². The first-order valence-electron chi connectivity index (χ1n) is 9.58. The van der Waals surface area contributed by atoms with Gasteiger partial charge in [-0.3, -0.25) is 4.79 Å². The smallest absolute Gasteiger partial charge is 0.243 e. The van der Waals surface area contributed by atoms with Crippen molar-refractivity contribution >= 4 is 15.9 Å². The molecule has 1 N–H and O–H groups in total. The topological polar surface area (TPSA) is 75.7 Å². The molecule has 0 bridgehead atoms. The van der Waals surface area contributed by atoms with Crippen molar-refractivity contribution in [1.82, 2.24) is 9.62 Å². The van der Waals surface area contributed by atoms with Gasteiger partial charge in [-0.05, 0) is 49.1 Å². The van der Waals surface area contributed by atoms with Crippen LogP contribution in [0.2, 0.25) is 0 Å². The normalized spacial score (nSPS) is 17.4. The second-order valence-electron chi connectivity index (χ2n) is 6.80. The highest BCUT2D eigenvalue weighted by Crippen LogP contribution is 2.26. The van der Waals surface area contributed by atoms with Crippen LogP contribution in [0.1, 0.15) is 31.7 Å². The Balaban J connectivity index is 1.65. The molecule has 150 valence electrons. The van der Waals surface area contributed by atoms with Gasteiger partial charge in [0.15, 0.2) is 0 Å². The van der Waals surface area contributed by atoms with Crippen molar-refractivity contribution in [3.05, 3.63) is 60.2 Å². The summed E-state index contributed by atoms with van der Waals surface area (Å²) in [7, 11) is -3.68. The molecule has 1 saturated heterocycles. The minimum Gasteiger partial charge on any atom is -0.494 e. The summed E-state index contributed by atoms with van der Waals surface area (Å²) >= 11 is 0. The summed E-state index contributed by atoms with van der Waals surface area (Å²) in [6.45, 7) is 3.37. The predicted octanol–water partition coefficient (Wildman–Crippen LogP) is 2.94. The number of hydrogen-bond acceptors (Lipinski definition) is 4. The van der Waals surface area contributed by atoms with Crippen LogP contribution in [0.4, 0.5) is 0 Å². The molecule has 1 heterocycles. The Bertz CT molecular complexity index is 900. The molecular formula is C21H26N2O4S. The highest BCUT2D eigenvalue weighted by atomic mass is 32.2. The van der Waals surface area contributed by atoms with Crippen LogP contribution in [0.5, 0.6) is 5.75 Å². The van der Waals surface area contributed by atoms with E-state index in [0.717, 1.165) is 17.7 Å². The van der Waals surface area contributed by atoms with Crippen molar-refractivity contribution in [2.45, 2.75) is 43.7 Å². The van der Waals surface area contributed by atoms with Crippen LogP contribution in [-0.2, 0) is 21.4 Å². The summed E-state index contributed by atoms with van der Waals surface area (Å²) in [4.78, 5) is 12.9. The number of nitrogens with one attached hydrogen (secondary N) is 1. The lowest BCUT2D eigenvalue weighted by Gasteiger charge is -2.23. The fraction of sp³-hybridized carbons (Fsp3) is 0.381. The van der Waals surface area contributed by atoms with E-state index in [2.05, 4.69) is 5.32 Å². The molecule has 3 rings (SSSR count). The molecule has 0 radical (unpaired) electrons. The van der Waals surface area contributed by atoms with E-state index in [4.69, 9.17) is 4.74 Å². The molecule has 1 unspecified atom stereocenters. The number of nitrogens with zero attached hydrogens (tertiary/aromatic N) is 1. The molecule has 0 saturated carbocycles. The number of ether oxygens (including phenoxy) is 1. The average Bonchev–Trinajstić information content (AvgIpc) is 3.22. The maximum absolute atomic E-state index is 12.9. The Morgan fingerprint density at radius 3 is 2.71 bits per heavy atom. The van der Waals surface area contributed by atoms with Gasteiger partial charge in [-0.15, -0.1) is 0 Å². The highest BCUT2D eigenvalue weighted by Gasteiger charge is 2.39. The number of carbonyl (C=O) groups is 1. The van der Waals surface area contributed by atoms with Gasteiger partial charge in [-0.1, -0.05) is 37.3 Å². The Morgan fingerprint density at radius 1 is 1.18 bits per heavy atom. The van der Waals surface area contributed by atoms with E-state index in [1.807, 2.05) is 31.2 Å². The van der Waals surface area contributed by atoms with Gasteiger partial charge in [0.05, 0.1) is 11.5 Å². The predicted molar refractivity (Wildman–Crippen MR) is 107 cm³/mol. The minimum absolute atomic E-state index is 0.218. The number of benzene rings is 2. The lowest BCUT2D eigenvalue weighted by atomic mass is 10.2. The highest BCUT2D eigenvalue weighted by molar-refractivity contribution is 7.89. The largest absolute Gasteiger partial charge is 0.494 e. The van der Waals surface area contributed by atoms with Crippen LogP contribution >= 0.6 is 0 Å². The number of sulfonamides is 1. The van der Waals surface area contributed by atoms with Gasteiger partial charge < -0.3 is 10.1 Å². The van der Waals surface area contributed by atoms with Crippen LogP contribution in [-0.4, -0.2) is 37.8 Å². The van der Waals surface area contributed by atoms with Gasteiger partial charge in [-0.25, -0.2) is 8.42 Å². The molecular weight excluding hydrogens is 376 g/mol. The molecule has 7 heteroatoms. The zero-order valence-corrected chi connectivity index (χ0v) is 16.8. The summed E-state index contributed by atoms with van der Waals surface area (Å²) in [6.07, 6.45) is 2.12. The number of carbonyl (C=O) groups excluding carboxylic acids is 1. The number of amides is 1. The van der Waals surface area contributed by atoms with Gasteiger partial charge in [0.25, 0.3) is 0 Å². The summed E-state index contributed by atoms with van der Waals surface area (Å²) in [5.41, 5.74) is 0.914. The lowest BCUT2D eigenvalue weighted by Crippen LogP contribution is -2.45. The van der Waals surface area contributed by atoms with Gasteiger partial charge in [0, 0.05) is 13.1 Å². The van der Waals surface area contributed by atoms with Crippen molar-refractivity contribution in [2.75, 3.05) is 13.2 Å². The van der Waals surface area contributed by atoms with Gasteiger partial charge in [0.1, 0.15) is 11.8 Å². The molecule has 1 aliphatic heterocycles. The summed E-state index contributed by atoms with van der Waals surface area (Å²) in [5.74, 6) is 0.500. The summed E-state index contributed by atoms with van der Waals surface area (Å²) in [6, 6.07) is 15.2. The third-order valence-electron chi connectivity index (χ3n) is 4.69. The van der Waals surface area contributed by atoms with Crippen molar-refractivity contribution in [2.24, 2.45) is 0 Å². The van der Waals surface area contributed by atoms with Crippen LogP contribution < -0.4 is 10.1 Å². The Kier molecular flexibility index (Phi) is 6.70. The molecule has 6 nitrogen and oxygen atoms in total. The van der Waals surface area contributed by atoms with Crippen LogP contribution in [0.3, 0.4) is 0 Å². The van der Waals surface area contributed by atoms with E-state index in [1.54, 1.807) is 30.3 Å². The molecule has 1 atom stereocenters. The zero-order chi connectivity index (χ0) is 20.0. The quantitative estimate of drug-likeness (QED) is 0.737. The SMILES string of the molecule is CCCOc1cccc(CNC(=O)C2CCCN2S(=O)(=O)c2ccccc2)c1. The van der Waals surface area contributed by atoms with Crippen molar-refractivity contribution in [3.8, 4) is 5.75 Å². The first-order chi connectivity index (χ1) is 13.5. The second-order valence-corrected chi connectivity index (χ2v) is 8.69. The molecule has 1 fully saturated rings. The monoisotopic (exact) mass is 402 g/mol. The Morgan fingerprint density at radius 2 is 1.96 bits per heavy atom. The molecule has 0 spiro atoms.